The van der Waals surface area contributed by atoms with Crippen molar-refractivity contribution in [3.8, 4) is 0 Å². The minimum Gasteiger partial charge on any atom is -0.273 e. The minimum absolute atomic E-state index is 0.209. The predicted molar refractivity (Wildman–Crippen MR) is 124 cm³/mol. The molecule has 2 aliphatic heterocycles. The van der Waals surface area contributed by atoms with Crippen molar-refractivity contribution in [3.05, 3.63) is 94.5 Å². The summed E-state index contributed by atoms with van der Waals surface area (Å²) in [6, 6.07) is 21.4. The third-order valence-electron chi connectivity index (χ3n) is 6.40. The number of carbonyl (C=O) groups excluding carboxylic acids is 2. The highest BCUT2D eigenvalue weighted by molar-refractivity contribution is 6.24. The van der Waals surface area contributed by atoms with Gasteiger partial charge < -0.3 is 0 Å². The first-order valence-corrected chi connectivity index (χ1v) is 10.9. The molecule has 3 aromatic rings. The summed E-state index contributed by atoms with van der Waals surface area (Å²) >= 11 is 0. The monoisotopic (exact) mass is 426 g/mol. The van der Waals surface area contributed by atoms with Gasteiger partial charge in [-0.1, -0.05) is 65.7 Å². The van der Waals surface area contributed by atoms with Gasteiger partial charge in [-0.2, -0.15) is 0 Å². The summed E-state index contributed by atoms with van der Waals surface area (Å²) in [6.07, 6.45) is -0.853. The van der Waals surface area contributed by atoms with Crippen LogP contribution in [0.5, 0.6) is 0 Å². The van der Waals surface area contributed by atoms with Crippen molar-refractivity contribution in [2.24, 2.45) is 5.92 Å². The molecule has 5 heteroatoms. The molecule has 0 N–H and O–H groups in total. The summed E-state index contributed by atoms with van der Waals surface area (Å²) in [5, 5.41) is 1.74. The number of anilines is 2. The van der Waals surface area contributed by atoms with Crippen LogP contribution in [-0.4, -0.2) is 17.9 Å². The van der Waals surface area contributed by atoms with Crippen LogP contribution in [-0.2, 0) is 14.4 Å². The van der Waals surface area contributed by atoms with E-state index in [1.165, 1.54) is 4.90 Å². The quantitative estimate of drug-likeness (QED) is 0.555. The zero-order chi connectivity index (χ0) is 22.6. The largest absolute Gasteiger partial charge is 0.273 e. The van der Waals surface area contributed by atoms with E-state index in [0.29, 0.717) is 5.69 Å². The molecule has 162 valence electrons. The predicted octanol–water partition coefficient (Wildman–Crippen LogP) is 4.97. The van der Waals surface area contributed by atoms with Gasteiger partial charge in [0.15, 0.2) is 6.10 Å². The lowest BCUT2D eigenvalue weighted by atomic mass is 9.90. The molecule has 2 amide bonds. The molecule has 3 atom stereocenters. The van der Waals surface area contributed by atoms with E-state index in [1.54, 1.807) is 5.06 Å². The van der Waals surface area contributed by atoms with E-state index in [9.17, 15) is 9.59 Å². The number of fused-ring (bicyclic) bond motifs is 1. The molecule has 5 nitrogen and oxygen atoms in total. The number of benzene rings is 3. The minimum atomic E-state index is -0.853. The Morgan fingerprint density at radius 3 is 2.00 bits per heavy atom. The Morgan fingerprint density at radius 2 is 1.38 bits per heavy atom. The van der Waals surface area contributed by atoms with Gasteiger partial charge in [-0.25, -0.2) is 9.96 Å². The lowest BCUT2D eigenvalue weighted by Crippen LogP contribution is -2.38. The Kier molecular flexibility index (Phi) is 4.86. The SMILES string of the molecule is Cc1ccc([C@@H]2[C@@H]3C(=O)N(c4c(C)cc(C)cc4C)C(=O)[C@@H]3ON2c2ccccc2)cc1. The van der Waals surface area contributed by atoms with Crippen molar-refractivity contribution in [2.75, 3.05) is 9.96 Å². The summed E-state index contributed by atoms with van der Waals surface area (Å²) in [5.74, 6) is -1.13. The Morgan fingerprint density at radius 1 is 0.750 bits per heavy atom. The molecule has 2 fully saturated rings. The number of para-hydroxylation sites is 1. The van der Waals surface area contributed by atoms with Crippen molar-refractivity contribution in [1.82, 2.24) is 0 Å². The van der Waals surface area contributed by atoms with Crippen molar-refractivity contribution in [2.45, 2.75) is 39.8 Å². The fraction of sp³-hybridized carbons (Fsp3) is 0.259. The summed E-state index contributed by atoms with van der Waals surface area (Å²) in [5.41, 5.74) is 6.52. The van der Waals surface area contributed by atoms with E-state index < -0.39 is 18.1 Å². The zero-order valence-corrected chi connectivity index (χ0v) is 18.7. The maximum absolute atomic E-state index is 13.8. The van der Waals surface area contributed by atoms with Crippen molar-refractivity contribution >= 4 is 23.2 Å². The molecular formula is C27H26N2O3. The van der Waals surface area contributed by atoms with Crippen LogP contribution in [0, 0.1) is 33.6 Å². The number of rotatable bonds is 3. The highest BCUT2D eigenvalue weighted by Gasteiger charge is 2.60. The average Bonchev–Trinajstić information content (AvgIpc) is 3.26. The smallest absolute Gasteiger partial charge is 0.266 e. The number of hydrogen-bond donors (Lipinski definition) is 0. The Hall–Kier alpha value is -3.44. The molecule has 2 aliphatic rings. The number of amides is 2. The molecule has 0 bridgehead atoms. The third kappa shape index (κ3) is 3.12. The normalized spacial score (nSPS) is 22.6. The van der Waals surface area contributed by atoms with Gasteiger partial charge in [0.05, 0.1) is 17.4 Å². The molecular weight excluding hydrogens is 400 g/mol. The topological polar surface area (TPSA) is 49.9 Å². The van der Waals surface area contributed by atoms with Crippen molar-refractivity contribution < 1.29 is 14.4 Å². The van der Waals surface area contributed by atoms with E-state index in [4.69, 9.17) is 4.84 Å². The second-order valence-electron chi connectivity index (χ2n) is 8.83. The van der Waals surface area contributed by atoms with E-state index in [-0.39, 0.29) is 11.8 Å². The van der Waals surface area contributed by atoms with Crippen LogP contribution < -0.4 is 9.96 Å². The van der Waals surface area contributed by atoms with Gasteiger partial charge in [-0.05, 0) is 56.5 Å². The zero-order valence-electron chi connectivity index (χ0n) is 18.7. The number of hydroxylamine groups is 1. The van der Waals surface area contributed by atoms with E-state index in [0.717, 1.165) is 33.5 Å². The van der Waals surface area contributed by atoms with Crippen LogP contribution in [0.3, 0.4) is 0 Å². The fourth-order valence-electron chi connectivity index (χ4n) is 5.06. The third-order valence-corrected chi connectivity index (χ3v) is 6.40. The lowest BCUT2D eigenvalue weighted by molar-refractivity contribution is -0.126. The summed E-state index contributed by atoms with van der Waals surface area (Å²) in [7, 11) is 0. The van der Waals surface area contributed by atoms with Crippen LogP contribution in [0.25, 0.3) is 0 Å². The second kappa shape index (κ2) is 7.61. The molecule has 3 aromatic carbocycles. The molecule has 0 unspecified atom stereocenters. The number of aryl methyl sites for hydroxylation is 4. The lowest BCUT2D eigenvalue weighted by Gasteiger charge is -2.29. The maximum atomic E-state index is 13.8. The van der Waals surface area contributed by atoms with Crippen molar-refractivity contribution in [1.29, 1.82) is 0 Å². The van der Waals surface area contributed by atoms with Crippen LogP contribution in [0.15, 0.2) is 66.7 Å². The molecule has 0 spiro atoms. The summed E-state index contributed by atoms with van der Waals surface area (Å²) in [4.78, 5) is 34.9. The van der Waals surface area contributed by atoms with Crippen molar-refractivity contribution in [3.63, 3.8) is 0 Å². The second-order valence-corrected chi connectivity index (χ2v) is 8.83. The van der Waals surface area contributed by atoms with Gasteiger partial charge in [-0.15, -0.1) is 0 Å². The summed E-state index contributed by atoms with van der Waals surface area (Å²) in [6.45, 7) is 7.93. The molecule has 0 aromatic heterocycles. The fourth-order valence-corrected chi connectivity index (χ4v) is 5.06. The van der Waals surface area contributed by atoms with Crippen LogP contribution >= 0.6 is 0 Å². The Balaban J connectivity index is 1.61. The van der Waals surface area contributed by atoms with Gasteiger partial charge in [0, 0.05) is 0 Å². The first-order valence-electron chi connectivity index (χ1n) is 10.9. The molecule has 5 rings (SSSR count). The highest BCUT2D eigenvalue weighted by atomic mass is 16.7. The first-order chi connectivity index (χ1) is 15.4. The first kappa shape index (κ1) is 20.5. The standard InChI is InChI=1S/C27H26N2O3/c1-16-10-12-20(13-11-16)24-22-25(32-29(24)21-8-6-5-7-9-21)27(31)28(26(22)30)23-18(3)14-17(2)15-19(23)4/h5-15,22,24-25H,1-4H3/t22-,24+,25+/m0/s1. The van der Waals surface area contributed by atoms with Crippen LogP contribution in [0.1, 0.15) is 33.9 Å². The molecule has 0 saturated carbocycles. The average molecular weight is 427 g/mol. The van der Waals surface area contributed by atoms with Gasteiger partial charge in [0.1, 0.15) is 5.92 Å². The number of imide groups is 1. The highest BCUT2D eigenvalue weighted by Crippen LogP contribution is 2.48. The Labute approximate surface area is 188 Å². The van der Waals surface area contributed by atoms with Gasteiger partial charge in [-0.3, -0.25) is 14.4 Å². The van der Waals surface area contributed by atoms with Gasteiger partial charge >= 0.3 is 0 Å². The molecule has 0 radical (unpaired) electrons. The maximum Gasteiger partial charge on any atom is 0.266 e. The summed E-state index contributed by atoms with van der Waals surface area (Å²) < 4.78 is 0. The molecule has 0 aliphatic carbocycles. The van der Waals surface area contributed by atoms with Crippen LogP contribution in [0.4, 0.5) is 11.4 Å². The Bertz CT molecular complexity index is 1180. The van der Waals surface area contributed by atoms with Gasteiger partial charge in [0.2, 0.25) is 5.91 Å². The van der Waals surface area contributed by atoms with Crippen LogP contribution in [0.2, 0.25) is 0 Å². The molecule has 32 heavy (non-hydrogen) atoms. The molecule has 2 heterocycles. The van der Waals surface area contributed by atoms with E-state index in [1.807, 2.05) is 94.4 Å². The number of hydrogen-bond acceptors (Lipinski definition) is 4. The number of nitrogens with zero attached hydrogens (tertiary/aromatic N) is 2. The van der Waals surface area contributed by atoms with Gasteiger partial charge in [0.25, 0.3) is 5.91 Å². The number of carbonyl (C=O) groups is 2. The van der Waals surface area contributed by atoms with E-state index >= 15 is 0 Å². The molecule has 2 saturated heterocycles. The van der Waals surface area contributed by atoms with E-state index in [2.05, 4.69) is 0 Å².